The number of ether oxygens (including phenoxy) is 2. The lowest BCUT2D eigenvalue weighted by atomic mass is 10.0. The largest absolute Gasteiger partial charge is 0.485 e. The highest BCUT2D eigenvalue weighted by Crippen LogP contribution is 2.30. The van der Waals surface area contributed by atoms with Crippen molar-refractivity contribution in [3.8, 4) is 11.5 Å². The number of benzene rings is 2. The maximum atomic E-state index is 12.3. The van der Waals surface area contributed by atoms with Crippen molar-refractivity contribution < 1.29 is 14.3 Å². The molecular weight excluding hydrogens is 264 g/mol. The number of fused-ring (bicyclic) bond motifs is 1. The molecule has 2 aromatic rings. The summed E-state index contributed by atoms with van der Waals surface area (Å²) in [6.45, 7) is 3.83. The Hall–Kier alpha value is -2.55. The van der Waals surface area contributed by atoms with E-state index in [4.69, 9.17) is 9.47 Å². The fraction of sp³-hybridized carbons (Fsp3) is 0.167. The van der Waals surface area contributed by atoms with Gasteiger partial charge in [0.25, 0.3) is 0 Å². The van der Waals surface area contributed by atoms with Gasteiger partial charge in [-0.15, -0.1) is 0 Å². The van der Waals surface area contributed by atoms with Crippen LogP contribution >= 0.6 is 0 Å². The summed E-state index contributed by atoms with van der Waals surface area (Å²) in [6.07, 6.45) is 1.51. The van der Waals surface area contributed by atoms with Gasteiger partial charge in [0.15, 0.2) is 0 Å². The molecule has 1 atom stereocenters. The Morgan fingerprint density at radius 1 is 1.10 bits per heavy atom. The minimum absolute atomic E-state index is 0.321. The van der Waals surface area contributed by atoms with Crippen molar-refractivity contribution in [2.24, 2.45) is 0 Å². The SMILES string of the molecule is Cc1ccc(OC(=O)C2=Cc3ccccc3OC2C)cc1. The Kier molecular flexibility index (Phi) is 3.48. The number of hydrogen-bond donors (Lipinski definition) is 0. The summed E-state index contributed by atoms with van der Waals surface area (Å²) in [5.41, 5.74) is 2.54. The van der Waals surface area contributed by atoms with Crippen molar-refractivity contribution in [1.29, 1.82) is 0 Å². The molecule has 21 heavy (non-hydrogen) atoms. The van der Waals surface area contributed by atoms with Gasteiger partial charge < -0.3 is 9.47 Å². The summed E-state index contributed by atoms with van der Waals surface area (Å²) in [6, 6.07) is 15.0. The van der Waals surface area contributed by atoms with E-state index in [-0.39, 0.29) is 12.1 Å². The topological polar surface area (TPSA) is 35.5 Å². The predicted molar refractivity (Wildman–Crippen MR) is 81.3 cm³/mol. The normalized spacial score (nSPS) is 16.5. The first kappa shape index (κ1) is 13.4. The van der Waals surface area contributed by atoms with Crippen LogP contribution in [0.25, 0.3) is 6.08 Å². The Morgan fingerprint density at radius 3 is 2.57 bits per heavy atom. The third-order valence-electron chi connectivity index (χ3n) is 3.44. The van der Waals surface area contributed by atoms with Crippen molar-refractivity contribution in [3.63, 3.8) is 0 Å². The first-order chi connectivity index (χ1) is 10.1. The summed E-state index contributed by atoms with van der Waals surface area (Å²) < 4.78 is 11.2. The minimum Gasteiger partial charge on any atom is -0.485 e. The van der Waals surface area contributed by atoms with E-state index >= 15 is 0 Å². The lowest BCUT2D eigenvalue weighted by molar-refractivity contribution is -0.130. The summed E-state index contributed by atoms with van der Waals surface area (Å²) in [7, 11) is 0. The molecule has 0 radical (unpaired) electrons. The maximum absolute atomic E-state index is 12.3. The molecule has 3 heteroatoms. The average molecular weight is 280 g/mol. The fourth-order valence-corrected chi connectivity index (χ4v) is 2.24. The molecule has 0 saturated heterocycles. The second-order valence-corrected chi connectivity index (χ2v) is 5.10. The number of para-hydroxylation sites is 1. The quantitative estimate of drug-likeness (QED) is 0.620. The van der Waals surface area contributed by atoms with E-state index in [0.717, 1.165) is 16.9 Å². The molecule has 2 aromatic carbocycles. The molecule has 3 nitrogen and oxygen atoms in total. The van der Waals surface area contributed by atoms with Crippen molar-refractivity contribution in [2.75, 3.05) is 0 Å². The van der Waals surface area contributed by atoms with Gasteiger partial charge in [0.2, 0.25) is 0 Å². The van der Waals surface area contributed by atoms with Crippen LogP contribution in [0.2, 0.25) is 0 Å². The molecule has 0 fully saturated rings. The number of rotatable bonds is 2. The van der Waals surface area contributed by atoms with Crippen molar-refractivity contribution in [2.45, 2.75) is 20.0 Å². The second-order valence-electron chi connectivity index (χ2n) is 5.10. The zero-order chi connectivity index (χ0) is 14.8. The van der Waals surface area contributed by atoms with E-state index in [1.807, 2.05) is 56.3 Å². The van der Waals surface area contributed by atoms with Gasteiger partial charge >= 0.3 is 5.97 Å². The first-order valence-corrected chi connectivity index (χ1v) is 6.89. The van der Waals surface area contributed by atoms with Crippen LogP contribution in [0.4, 0.5) is 0 Å². The molecule has 0 bridgehead atoms. The molecule has 0 N–H and O–H groups in total. The number of hydrogen-bond acceptors (Lipinski definition) is 3. The van der Waals surface area contributed by atoms with Crippen LogP contribution in [0.15, 0.2) is 54.1 Å². The smallest absolute Gasteiger partial charge is 0.343 e. The van der Waals surface area contributed by atoms with E-state index in [0.29, 0.717) is 11.3 Å². The molecule has 1 heterocycles. The second kappa shape index (κ2) is 5.44. The highest BCUT2D eigenvalue weighted by Gasteiger charge is 2.25. The standard InChI is InChI=1S/C18H16O3/c1-12-7-9-15(10-8-12)21-18(19)16-11-14-5-3-4-6-17(14)20-13(16)2/h3-11,13H,1-2H3. The third-order valence-corrected chi connectivity index (χ3v) is 3.44. The molecule has 1 aliphatic heterocycles. The molecule has 106 valence electrons. The third kappa shape index (κ3) is 2.82. The summed E-state index contributed by atoms with van der Waals surface area (Å²) in [5.74, 6) is 0.954. The Labute approximate surface area is 123 Å². The molecule has 1 aliphatic rings. The van der Waals surface area contributed by atoms with Gasteiger partial charge in [0.05, 0.1) is 5.57 Å². The highest BCUT2D eigenvalue weighted by molar-refractivity contribution is 5.97. The van der Waals surface area contributed by atoms with Crippen LogP contribution in [-0.2, 0) is 4.79 Å². The first-order valence-electron chi connectivity index (χ1n) is 6.89. The van der Waals surface area contributed by atoms with E-state index < -0.39 is 0 Å². The van der Waals surface area contributed by atoms with Gasteiger partial charge in [0, 0.05) is 5.56 Å². The molecule has 0 aromatic heterocycles. The van der Waals surface area contributed by atoms with Gasteiger partial charge in [-0.3, -0.25) is 0 Å². The fourth-order valence-electron chi connectivity index (χ4n) is 2.24. The van der Waals surface area contributed by atoms with E-state index in [2.05, 4.69) is 0 Å². The lowest BCUT2D eigenvalue weighted by Crippen LogP contribution is -2.27. The number of esters is 1. The van der Waals surface area contributed by atoms with E-state index in [9.17, 15) is 4.79 Å². The number of carbonyl (C=O) groups is 1. The summed E-state index contributed by atoms with van der Waals surface area (Å²) in [4.78, 5) is 12.3. The molecule has 3 rings (SSSR count). The maximum Gasteiger partial charge on any atom is 0.343 e. The van der Waals surface area contributed by atoms with Crippen LogP contribution < -0.4 is 9.47 Å². The van der Waals surface area contributed by atoms with Crippen molar-refractivity contribution in [3.05, 3.63) is 65.2 Å². The molecule has 0 aliphatic carbocycles. The Balaban J connectivity index is 1.84. The number of carbonyl (C=O) groups excluding carboxylic acids is 1. The molecule has 0 spiro atoms. The zero-order valence-corrected chi connectivity index (χ0v) is 12.0. The van der Waals surface area contributed by atoms with Gasteiger partial charge in [-0.1, -0.05) is 35.9 Å². The van der Waals surface area contributed by atoms with Gasteiger partial charge in [-0.25, -0.2) is 4.79 Å². The lowest BCUT2D eigenvalue weighted by Gasteiger charge is -2.23. The Morgan fingerprint density at radius 2 is 1.81 bits per heavy atom. The van der Waals surface area contributed by atoms with Crippen LogP contribution in [0.1, 0.15) is 18.1 Å². The van der Waals surface area contributed by atoms with Crippen LogP contribution in [0.5, 0.6) is 11.5 Å². The van der Waals surface area contributed by atoms with Gasteiger partial charge in [0.1, 0.15) is 17.6 Å². The molecule has 1 unspecified atom stereocenters. The molecule has 0 amide bonds. The number of aryl methyl sites for hydroxylation is 1. The summed E-state index contributed by atoms with van der Waals surface area (Å²) >= 11 is 0. The molecule has 0 saturated carbocycles. The average Bonchev–Trinajstić information content (AvgIpc) is 2.49. The highest BCUT2D eigenvalue weighted by atomic mass is 16.5. The summed E-state index contributed by atoms with van der Waals surface area (Å²) in [5, 5.41) is 0. The predicted octanol–water partition coefficient (Wildman–Crippen LogP) is 3.76. The van der Waals surface area contributed by atoms with Crippen molar-refractivity contribution in [1.82, 2.24) is 0 Å². The van der Waals surface area contributed by atoms with Crippen LogP contribution in [-0.4, -0.2) is 12.1 Å². The Bertz CT molecular complexity index is 699. The zero-order valence-electron chi connectivity index (χ0n) is 12.0. The van der Waals surface area contributed by atoms with Crippen LogP contribution in [0, 0.1) is 6.92 Å². The van der Waals surface area contributed by atoms with Gasteiger partial charge in [-0.05, 0) is 38.1 Å². The minimum atomic E-state index is -0.374. The molecular formula is C18H16O3. The van der Waals surface area contributed by atoms with Gasteiger partial charge in [-0.2, -0.15) is 0 Å². The van der Waals surface area contributed by atoms with E-state index in [1.165, 1.54) is 0 Å². The monoisotopic (exact) mass is 280 g/mol. The van der Waals surface area contributed by atoms with E-state index in [1.54, 1.807) is 12.1 Å². The van der Waals surface area contributed by atoms with Crippen molar-refractivity contribution >= 4 is 12.0 Å². The van der Waals surface area contributed by atoms with Crippen LogP contribution in [0.3, 0.4) is 0 Å².